The van der Waals surface area contributed by atoms with Crippen molar-refractivity contribution in [2.45, 2.75) is 18.9 Å². The molecule has 0 aromatic carbocycles. The molecule has 2 aromatic heterocycles. The number of Topliss-reactive ketones (excluding diaryl/α,β-unsaturated/α-hetero) is 1. The molecule has 21 heavy (non-hydrogen) atoms. The SMILES string of the molecule is N#C[C@@H](C(=O)CCn1cc(Br)ccc1=O)c1ccccn1. The maximum absolute atomic E-state index is 12.2. The van der Waals surface area contributed by atoms with Crippen LogP contribution in [0.15, 0.2) is 52.0 Å². The van der Waals surface area contributed by atoms with E-state index in [2.05, 4.69) is 20.9 Å². The Hall–Kier alpha value is -2.26. The molecule has 0 unspecified atom stereocenters. The predicted octanol–water partition coefficient (Wildman–Crippen LogP) is 2.27. The highest BCUT2D eigenvalue weighted by molar-refractivity contribution is 9.10. The molecular weight excluding hydrogens is 334 g/mol. The van der Waals surface area contributed by atoms with Gasteiger partial charge in [-0.15, -0.1) is 0 Å². The van der Waals surface area contributed by atoms with Gasteiger partial charge in [0.1, 0.15) is 5.92 Å². The van der Waals surface area contributed by atoms with Gasteiger partial charge in [0.15, 0.2) is 5.78 Å². The molecule has 5 nitrogen and oxygen atoms in total. The minimum atomic E-state index is -0.894. The van der Waals surface area contributed by atoms with Gasteiger partial charge in [0.05, 0.1) is 11.8 Å². The zero-order valence-corrected chi connectivity index (χ0v) is 12.7. The van der Waals surface area contributed by atoms with Crippen molar-refractivity contribution in [2.75, 3.05) is 0 Å². The third-order valence-corrected chi connectivity index (χ3v) is 3.45. The number of nitriles is 1. The lowest BCUT2D eigenvalue weighted by Crippen LogP contribution is -2.21. The Morgan fingerprint density at radius 2 is 2.19 bits per heavy atom. The zero-order chi connectivity index (χ0) is 15.2. The van der Waals surface area contributed by atoms with E-state index >= 15 is 0 Å². The second-order valence-corrected chi connectivity index (χ2v) is 5.33. The molecule has 0 saturated carbocycles. The van der Waals surface area contributed by atoms with Crippen LogP contribution in [0.4, 0.5) is 0 Å². The normalized spacial score (nSPS) is 11.6. The third-order valence-electron chi connectivity index (χ3n) is 2.98. The summed E-state index contributed by atoms with van der Waals surface area (Å²) < 4.78 is 2.20. The van der Waals surface area contributed by atoms with Gasteiger partial charge in [0.25, 0.3) is 5.56 Å². The van der Waals surface area contributed by atoms with Crippen molar-refractivity contribution in [1.29, 1.82) is 5.26 Å². The van der Waals surface area contributed by atoms with Gasteiger partial charge in [-0.1, -0.05) is 6.07 Å². The van der Waals surface area contributed by atoms with Crippen LogP contribution in [0.25, 0.3) is 0 Å². The molecule has 0 aliphatic carbocycles. The highest BCUT2D eigenvalue weighted by Gasteiger charge is 2.20. The number of halogens is 1. The number of carbonyl (C=O) groups is 1. The molecule has 0 aliphatic heterocycles. The van der Waals surface area contributed by atoms with Gasteiger partial charge in [-0.2, -0.15) is 5.26 Å². The van der Waals surface area contributed by atoms with Crippen LogP contribution in [0, 0.1) is 11.3 Å². The quantitative estimate of drug-likeness (QED) is 0.832. The van der Waals surface area contributed by atoms with Gasteiger partial charge in [-0.05, 0) is 34.1 Å². The molecular formula is C15H12BrN3O2. The fraction of sp³-hybridized carbons (Fsp3) is 0.200. The van der Waals surface area contributed by atoms with E-state index in [0.717, 1.165) is 4.47 Å². The number of aryl methyl sites for hydroxylation is 1. The highest BCUT2D eigenvalue weighted by Crippen LogP contribution is 2.15. The number of nitrogens with zero attached hydrogens (tertiary/aromatic N) is 3. The topological polar surface area (TPSA) is 75.8 Å². The van der Waals surface area contributed by atoms with E-state index in [4.69, 9.17) is 5.26 Å². The molecule has 0 saturated heterocycles. The minimum absolute atomic E-state index is 0.102. The van der Waals surface area contributed by atoms with Crippen molar-refractivity contribution in [3.8, 4) is 6.07 Å². The molecule has 106 valence electrons. The Bertz CT molecular complexity index is 735. The van der Waals surface area contributed by atoms with E-state index in [1.165, 1.54) is 10.6 Å². The largest absolute Gasteiger partial charge is 0.314 e. The Balaban J connectivity index is 2.09. The van der Waals surface area contributed by atoms with E-state index in [1.54, 1.807) is 36.7 Å². The standard InChI is InChI=1S/C15H12BrN3O2/c16-11-4-5-15(21)19(10-11)8-6-14(20)12(9-17)13-3-1-2-7-18-13/h1-5,7,10,12H,6,8H2/t12-/m1/s1. The summed E-state index contributed by atoms with van der Waals surface area (Å²) in [5, 5.41) is 9.16. The first kappa shape index (κ1) is 15.1. The maximum Gasteiger partial charge on any atom is 0.250 e. The maximum atomic E-state index is 12.2. The average molecular weight is 346 g/mol. The lowest BCUT2D eigenvalue weighted by Gasteiger charge is -2.09. The number of hydrogen-bond acceptors (Lipinski definition) is 4. The van der Waals surface area contributed by atoms with Crippen LogP contribution in [0.2, 0.25) is 0 Å². The first-order chi connectivity index (χ1) is 10.1. The number of hydrogen-bond donors (Lipinski definition) is 0. The van der Waals surface area contributed by atoms with Gasteiger partial charge in [0, 0.05) is 35.9 Å². The lowest BCUT2D eigenvalue weighted by molar-refractivity contribution is -0.119. The van der Waals surface area contributed by atoms with E-state index in [1.807, 2.05) is 6.07 Å². The molecule has 1 atom stereocenters. The Kier molecular flexibility index (Phi) is 5.01. The predicted molar refractivity (Wildman–Crippen MR) is 80.6 cm³/mol. The van der Waals surface area contributed by atoms with Crippen LogP contribution in [0.3, 0.4) is 0 Å². The molecule has 0 amide bonds. The molecule has 0 bridgehead atoms. The van der Waals surface area contributed by atoms with Crippen LogP contribution in [0.5, 0.6) is 0 Å². The molecule has 0 N–H and O–H groups in total. The van der Waals surface area contributed by atoms with Crippen LogP contribution < -0.4 is 5.56 Å². The Morgan fingerprint density at radius 1 is 1.38 bits per heavy atom. The molecule has 2 rings (SSSR count). The van der Waals surface area contributed by atoms with Crippen molar-refractivity contribution in [3.63, 3.8) is 0 Å². The second-order valence-electron chi connectivity index (χ2n) is 4.41. The summed E-state index contributed by atoms with van der Waals surface area (Å²) >= 11 is 3.28. The third kappa shape index (κ3) is 3.86. The van der Waals surface area contributed by atoms with Crippen molar-refractivity contribution < 1.29 is 4.79 Å². The summed E-state index contributed by atoms with van der Waals surface area (Å²) in [6.07, 6.45) is 3.27. The first-order valence-corrected chi connectivity index (χ1v) is 7.10. The number of pyridine rings is 2. The smallest absolute Gasteiger partial charge is 0.250 e. The van der Waals surface area contributed by atoms with Crippen molar-refractivity contribution in [3.05, 3.63) is 63.2 Å². The Morgan fingerprint density at radius 3 is 2.86 bits per heavy atom. The molecule has 2 heterocycles. The summed E-state index contributed by atoms with van der Waals surface area (Å²) in [6.45, 7) is 0.238. The number of aromatic nitrogens is 2. The second kappa shape index (κ2) is 6.95. The molecule has 6 heteroatoms. The number of carbonyl (C=O) groups excluding carboxylic acids is 1. The van der Waals surface area contributed by atoms with Gasteiger partial charge < -0.3 is 4.57 Å². The van der Waals surface area contributed by atoms with Gasteiger partial charge in [-0.25, -0.2) is 0 Å². The monoisotopic (exact) mass is 345 g/mol. The summed E-state index contributed by atoms with van der Waals surface area (Å²) in [6, 6.07) is 10.2. The van der Waals surface area contributed by atoms with Crippen LogP contribution in [0.1, 0.15) is 18.0 Å². The highest BCUT2D eigenvalue weighted by atomic mass is 79.9. The number of ketones is 1. The van der Waals surface area contributed by atoms with Gasteiger partial charge in [0.2, 0.25) is 0 Å². The summed E-state index contributed by atoms with van der Waals surface area (Å²) in [5.41, 5.74) is 0.254. The first-order valence-electron chi connectivity index (χ1n) is 6.31. The van der Waals surface area contributed by atoms with E-state index in [0.29, 0.717) is 5.69 Å². The van der Waals surface area contributed by atoms with E-state index in [9.17, 15) is 9.59 Å². The average Bonchev–Trinajstić information content (AvgIpc) is 2.50. The van der Waals surface area contributed by atoms with Crippen molar-refractivity contribution in [1.82, 2.24) is 9.55 Å². The summed E-state index contributed by atoms with van der Waals surface area (Å²) in [7, 11) is 0. The van der Waals surface area contributed by atoms with Gasteiger partial charge >= 0.3 is 0 Å². The van der Waals surface area contributed by atoms with Crippen LogP contribution in [-0.4, -0.2) is 15.3 Å². The van der Waals surface area contributed by atoms with Crippen molar-refractivity contribution in [2.24, 2.45) is 0 Å². The minimum Gasteiger partial charge on any atom is -0.314 e. The van der Waals surface area contributed by atoms with Crippen molar-refractivity contribution >= 4 is 21.7 Å². The van der Waals surface area contributed by atoms with E-state index in [-0.39, 0.29) is 24.3 Å². The lowest BCUT2D eigenvalue weighted by atomic mass is 9.99. The van der Waals surface area contributed by atoms with Crippen LogP contribution in [-0.2, 0) is 11.3 Å². The zero-order valence-electron chi connectivity index (χ0n) is 11.1. The van der Waals surface area contributed by atoms with E-state index < -0.39 is 5.92 Å². The van der Waals surface area contributed by atoms with Gasteiger partial charge in [-0.3, -0.25) is 14.6 Å². The summed E-state index contributed by atoms with van der Waals surface area (Å²) in [4.78, 5) is 27.8. The summed E-state index contributed by atoms with van der Waals surface area (Å²) in [5.74, 6) is -1.14. The molecule has 0 radical (unpaired) electrons. The molecule has 2 aromatic rings. The Labute approximate surface area is 130 Å². The molecule has 0 fully saturated rings. The fourth-order valence-electron chi connectivity index (χ4n) is 1.90. The fourth-order valence-corrected chi connectivity index (χ4v) is 2.28. The number of rotatable bonds is 5. The molecule has 0 aliphatic rings. The molecule has 0 spiro atoms. The van der Waals surface area contributed by atoms with Crippen LogP contribution >= 0.6 is 15.9 Å².